The first-order valence-corrected chi connectivity index (χ1v) is 9.26. The van der Waals surface area contributed by atoms with Crippen molar-refractivity contribution in [1.29, 1.82) is 0 Å². The largest absolute Gasteiger partial charge is 0.497 e. The second-order valence-corrected chi connectivity index (χ2v) is 5.93. The zero-order chi connectivity index (χ0) is 20.2. The zero-order valence-corrected chi connectivity index (χ0v) is 16.6. The highest BCUT2D eigenvalue weighted by Gasteiger charge is 2.04. The number of ether oxygens (including phenoxy) is 2. The summed E-state index contributed by atoms with van der Waals surface area (Å²) in [5, 5.41) is 9.07. The van der Waals surface area contributed by atoms with Crippen LogP contribution in [-0.2, 0) is 6.54 Å². The van der Waals surface area contributed by atoms with Crippen molar-refractivity contribution in [3.05, 3.63) is 59.7 Å². The number of nitrogens with zero attached hydrogens (tertiary/aromatic N) is 1. The van der Waals surface area contributed by atoms with E-state index in [-0.39, 0.29) is 5.91 Å². The molecule has 0 heterocycles. The number of methoxy groups -OCH3 is 1. The van der Waals surface area contributed by atoms with Gasteiger partial charge in [0.1, 0.15) is 18.1 Å². The smallest absolute Gasteiger partial charge is 0.251 e. The van der Waals surface area contributed by atoms with Crippen molar-refractivity contribution in [3.63, 3.8) is 0 Å². The number of aliphatic imine (C=N–C) groups is 1. The molecular formula is C21H28N4O3. The van der Waals surface area contributed by atoms with Gasteiger partial charge in [-0.25, -0.2) is 4.99 Å². The molecule has 0 aliphatic rings. The number of amides is 1. The lowest BCUT2D eigenvalue weighted by atomic mass is 10.1. The summed E-state index contributed by atoms with van der Waals surface area (Å²) in [5.74, 6) is 2.18. The molecule has 0 spiro atoms. The molecule has 7 nitrogen and oxygen atoms in total. The fourth-order valence-electron chi connectivity index (χ4n) is 2.48. The lowest BCUT2D eigenvalue weighted by Gasteiger charge is -2.12. The molecule has 1 amide bonds. The Hall–Kier alpha value is -3.22. The van der Waals surface area contributed by atoms with Crippen molar-refractivity contribution < 1.29 is 14.3 Å². The van der Waals surface area contributed by atoms with E-state index >= 15 is 0 Å². The van der Waals surface area contributed by atoms with Gasteiger partial charge in [-0.05, 0) is 48.9 Å². The van der Waals surface area contributed by atoms with E-state index in [9.17, 15) is 4.79 Å². The van der Waals surface area contributed by atoms with E-state index in [0.29, 0.717) is 31.2 Å². The first kappa shape index (κ1) is 21.1. The fraction of sp³-hybridized carbons (Fsp3) is 0.333. The maximum absolute atomic E-state index is 11.7. The summed E-state index contributed by atoms with van der Waals surface area (Å²) in [4.78, 5) is 16.3. The van der Waals surface area contributed by atoms with Crippen LogP contribution in [0.3, 0.4) is 0 Å². The van der Waals surface area contributed by atoms with Crippen LogP contribution in [0.2, 0.25) is 0 Å². The Morgan fingerprint density at radius 2 is 1.82 bits per heavy atom. The van der Waals surface area contributed by atoms with Gasteiger partial charge in [-0.15, -0.1) is 0 Å². The molecule has 0 saturated carbocycles. The number of carbonyl (C=O) groups excluding carboxylic acids is 1. The molecule has 0 saturated heterocycles. The molecule has 0 fully saturated rings. The van der Waals surface area contributed by atoms with Crippen LogP contribution in [0.15, 0.2) is 53.5 Å². The predicted molar refractivity (Wildman–Crippen MR) is 111 cm³/mol. The van der Waals surface area contributed by atoms with Crippen LogP contribution in [0, 0.1) is 0 Å². The monoisotopic (exact) mass is 384 g/mol. The lowest BCUT2D eigenvalue weighted by molar-refractivity contribution is 0.0963. The molecule has 2 aromatic carbocycles. The van der Waals surface area contributed by atoms with Crippen molar-refractivity contribution in [3.8, 4) is 11.5 Å². The Morgan fingerprint density at radius 3 is 2.50 bits per heavy atom. The van der Waals surface area contributed by atoms with Crippen molar-refractivity contribution in [1.82, 2.24) is 16.0 Å². The standard InChI is InChI=1S/C21H28N4O3/c1-4-23-21(24-12-13-28-19-10-8-18(27-3)9-11-19)25-15-16-6-5-7-17(14-16)20(26)22-2/h5-11,14H,4,12-13,15H2,1-3H3,(H,22,26)(H2,23,24,25). The molecule has 0 bridgehead atoms. The van der Waals surface area contributed by atoms with Gasteiger partial charge in [0, 0.05) is 19.2 Å². The second-order valence-electron chi connectivity index (χ2n) is 5.93. The van der Waals surface area contributed by atoms with Gasteiger partial charge in [0.15, 0.2) is 5.96 Å². The van der Waals surface area contributed by atoms with E-state index in [0.717, 1.165) is 23.6 Å². The SMILES string of the molecule is CCNC(=NCc1cccc(C(=O)NC)c1)NCCOc1ccc(OC)cc1. The summed E-state index contributed by atoms with van der Waals surface area (Å²) >= 11 is 0. The average molecular weight is 384 g/mol. The fourth-order valence-corrected chi connectivity index (χ4v) is 2.48. The van der Waals surface area contributed by atoms with Crippen molar-refractivity contribution in [2.75, 3.05) is 33.9 Å². The van der Waals surface area contributed by atoms with Gasteiger partial charge in [-0.3, -0.25) is 4.79 Å². The molecule has 7 heteroatoms. The minimum atomic E-state index is -0.105. The minimum absolute atomic E-state index is 0.105. The molecule has 2 aromatic rings. The van der Waals surface area contributed by atoms with E-state index < -0.39 is 0 Å². The van der Waals surface area contributed by atoms with E-state index in [1.807, 2.05) is 49.4 Å². The number of benzene rings is 2. The van der Waals surface area contributed by atoms with Gasteiger partial charge in [-0.1, -0.05) is 12.1 Å². The molecule has 150 valence electrons. The van der Waals surface area contributed by atoms with Gasteiger partial charge in [0.05, 0.1) is 20.2 Å². The first-order valence-electron chi connectivity index (χ1n) is 9.26. The maximum atomic E-state index is 11.7. The normalized spacial score (nSPS) is 10.9. The molecule has 0 radical (unpaired) electrons. The third-order valence-electron chi connectivity index (χ3n) is 3.90. The van der Waals surface area contributed by atoms with Crippen molar-refractivity contribution >= 4 is 11.9 Å². The first-order chi connectivity index (χ1) is 13.7. The van der Waals surface area contributed by atoms with Gasteiger partial charge >= 0.3 is 0 Å². The topological polar surface area (TPSA) is 84.0 Å². The maximum Gasteiger partial charge on any atom is 0.251 e. The predicted octanol–water partition coefficient (Wildman–Crippen LogP) is 2.19. The molecule has 28 heavy (non-hydrogen) atoms. The Labute approximate surface area is 166 Å². The van der Waals surface area contributed by atoms with E-state index in [2.05, 4.69) is 20.9 Å². The van der Waals surface area contributed by atoms with E-state index in [4.69, 9.17) is 9.47 Å². The number of nitrogens with one attached hydrogen (secondary N) is 3. The number of rotatable bonds is 9. The molecule has 3 N–H and O–H groups in total. The second kappa shape index (κ2) is 11.5. The van der Waals surface area contributed by atoms with Crippen LogP contribution < -0.4 is 25.4 Å². The Balaban J connectivity index is 1.85. The van der Waals surface area contributed by atoms with Gasteiger partial charge in [0.25, 0.3) is 5.91 Å². The minimum Gasteiger partial charge on any atom is -0.497 e. The highest BCUT2D eigenvalue weighted by molar-refractivity contribution is 5.94. The van der Waals surface area contributed by atoms with Crippen LogP contribution in [0.5, 0.6) is 11.5 Å². The van der Waals surface area contributed by atoms with Crippen LogP contribution in [0.25, 0.3) is 0 Å². The summed E-state index contributed by atoms with van der Waals surface area (Å²) in [5.41, 5.74) is 1.59. The summed E-state index contributed by atoms with van der Waals surface area (Å²) in [6, 6.07) is 14.9. The summed E-state index contributed by atoms with van der Waals surface area (Å²) < 4.78 is 10.8. The van der Waals surface area contributed by atoms with Crippen LogP contribution in [-0.4, -0.2) is 45.7 Å². The quantitative estimate of drug-likeness (QED) is 0.351. The van der Waals surface area contributed by atoms with Crippen LogP contribution in [0.1, 0.15) is 22.8 Å². The van der Waals surface area contributed by atoms with Crippen LogP contribution >= 0.6 is 0 Å². The van der Waals surface area contributed by atoms with Crippen LogP contribution in [0.4, 0.5) is 0 Å². The molecule has 2 rings (SSSR count). The third kappa shape index (κ3) is 6.83. The highest BCUT2D eigenvalue weighted by atomic mass is 16.5. The Morgan fingerprint density at radius 1 is 1.07 bits per heavy atom. The molecule has 0 aromatic heterocycles. The number of guanidine groups is 1. The number of hydrogen-bond acceptors (Lipinski definition) is 4. The van der Waals surface area contributed by atoms with Gasteiger partial charge in [-0.2, -0.15) is 0 Å². The summed E-state index contributed by atoms with van der Waals surface area (Å²) in [6.45, 7) is 4.35. The molecular weight excluding hydrogens is 356 g/mol. The summed E-state index contributed by atoms with van der Waals surface area (Å²) in [6.07, 6.45) is 0. The highest BCUT2D eigenvalue weighted by Crippen LogP contribution is 2.16. The average Bonchev–Trinajstić information content (AvgIpc) is 2.75. The van der Waals surface area contributed by atoms with Gasteiger partial charge in [0.2, 0.25) is 0 Å². The van der Waals surface area contributed by atoms with E-state index in [1.165, 1.54) is 0 Å². The molecule has 0 aliphatic carbocycles. The number of carbonyl (C=O) groups is 1. The molecule has 0 aliphatic heterocycles. The van der Waals surface area contributed by atoms with E-state index in [1.54, 1.807) is 20.2 Å². The third-order valence-corrected chi connectivity index (χ3v) is 3.90. The Kier molecular flexibility index (Phi) is 8.65. The van der Waals surface area contributed by atoms with Gasteiger partial charge < -0.3 is 25.4 Å². The summed E-state index contributed by atoms with van der Waals surface area (Å²) in [7, 11) is 3.25. The number of hydrogen-bond donors (Lipinski definition) is 3. The molecule has 0 unspecified atom stereocenters. The zero-order valence-electron chi connectivity index (χ0n) is 16.6. The van der Waals surface area contributed by atoms with Crippen molar-refractivity contribution in [2.45, 2.75) is 13.5 Å². The molecule has 0 atom stereocenters. The van der Waals surface area contributed by atoms with Crippen molar-refractivity contribution in [2.24, 2.45) is 4.99 Å². The lowest BCUT2D eigenvalue weighted by Crippen LogP contribution is -2.39. The Bertz CT molecular complexity index is 775.